The summed E-state index contributed by atoms with van der Waals surface area (Å²) in [6.07, 6.45) is 3.69. The van der Waals surface area contributed by atoms with E-state index in [2.05, 4.69) is 5.10 Å². The first-order chi connectivity index (χ1) is 7.65. The molecule has 16 heavy (non-hydrogen) atoms. The molecule has 2 rings (SSSR count). The third kappa shape index (κ3) is 2.28. The van der Waals surface area contributed by atoms with Crippen LogP contribution in [0.1, 0.15) is 15.9 Å². The molecule has 0 bridgehead atoms. The number of benzene rings is 1. The Morgan fingerprint density at radius 2 is 2.06 bits per heavy atom. The quantitative estimate of drug-likeness (QED) is 0.622. The molecule has 0 saturated heterocycles. The fourth-order valence-corrected chi connectivity index (χ4v) is 1.49. The molecule has 0 aliphatic carbocycles. The number of nitrogens with two attached hydrogens (primary N) is 1. The van der Waals surface area contributed by atoms with Crippen molar-refractivity contribution in [2.45, 2.75) is 6.42 Å². The van der Waals surface area contributed by atoms with Crippen molar-refractivity contribution in [1.82, 2.24) is 9.78 Å². The van der Waals surface area contributed by atoms with E-state index in [0.29, 0.717) is 17.7 Å². The summed E-state index contributed by atoms with van der Waals surface area (Å²) in [5, 5.41) is 3.97. The highest BCUT2D eigenvalue weighted by atomic mass is 16.1. The molecule has 1 aromatic heterocycles. The molecule has 0 amide bonds. The Morgan fingerprint density at radius 1 is 1.38 bits per heavy atom. The number of anilines is 1. The molecule has 0 aliphatic heterocycles. The number of aromatic nitrogens is 2. The Kier molecular flexibility index (Phi) is 2.72. The Morgan fingerprint density at radius 3 is 2.62 bits per heavy atom. The highest BCUT2D eigenvalue weighted by Crippen LogP contribution is 2.09. The van der Waals surface area contributed by atoms with Gasteiger partial charge in [-0.15, -0.1) is 0 Å². The summed E-state index contributed by atoms with van der Waals surface area (Å²) in [6.45, 7) is 0. The van der Waals surface area contributed by atoms with Crippen molar-refractivity contribution in [3.63, 3.8) is 0 Å². The predicted octanol–water partition coefficient (Wildman–Crippen LogP) is 1.43. The van der Waals surface area contributed by atoms with Gasteiger partial charge in [-0.25, -0.2) is 0 Å². The second kappa shape index (κ2) is 4.18. The summed E-state index contributed by atoms with van der Waals surface area (Å²) < 4.78 is 1.62. The molecule has 4 heteroatoms. The van der Waals surface area contributed by atoms with E-state index >= 15 is 0 Å². The van der Waals surface area contributed by atoms with Gasteiger partial charge in [-0.1, -0.05) is 12.1 Å². The lowest BCUT2D eigenvalue weighted by atomic mass is 10.1. The summed E-state index contributed by atoms with van der Waals surface area (Å²) in [6, 6.07) is 7.32. The number of rotatable bonds is 3. The zero-order valence-electron chi connectivity index (χ0n) is 9.05. The van der Waals surface area contributed by atoms with Crippen LogP contribution in [-0.2, 0) is 13.5 Å². The number of nitrogens with zero attached hydrogens (tertiary/aromatic N) is 2. The van der Waals surface area contributed by atoms with E-state index in [1.54, 1.807) is 36.3 Å². The largest absolute Gasteiger partial charge is 0.399 e. The first-order valence-electron chi connectivity index (χ1n) is 5.01. The SMILES string of the molecule is Cn1cc(C(=O)Cc2ccc(N)cc2)cn1. The molecular weight excluding hydrogens is 202 g/mol. The number of ketones is 1. The third-order valence-electron chi connectivity index (χ3n) is 2.37. The van der Waals surface area contributed by atoms with E-state index in [-0.39, 0.29) is 5.78 Å². The molecule has 0 spiro atoms. The standard InChI is InChI=1S/C12H13N3O/c1-15-8-10(7-14-15)12(16)6-9-2-4-11(13)5-3-9/h2-5,7-8H,6,13H2,1H3. The second-order valence-electron chi connectivity index (χ2n) is 3.74. The summed E-state index contributed by atoms with van der Waals surface area (Å²) in [5.41, 5.74) is 7.88. The van der Waals surface area contributed by atoms with Crippen LogP contribution in [0, 0.1) is 0 Å². The molecule has 0 saturated carbocycles. The second-order valence-corrected chi connectivity index (χ2v) is 3.74. The average molecular weight is 215 g/mol. The maximum absolute atomic E-state index is 11.8. The molecule has 4 nitrogen and oxygen atoms in total. The molecule has 0 radical (unpaired) electrons. The predicted molar refractivity (Wildman–Crippen MR) is 62.1 cm³/mol. The van der Waals surface area contributed by atoms with E-state index < -0.39 is 0 Å². The van der Waals surface area contributed by atoms with Crippen LogP contribution in [0.3, 0.4) is 0 Å². The van der Waals surface area contributed by atoms with Gasteiger partial charge in [0.25, 0.3) is 0 Å². The molecule has 82 valence electrons. The zero-order chi connectivity index (χ0) is 11.5. The van der Waals surface area contributed by atoms with Crippen molar-refractivity contribution in [3.8, 4) is 0 Å². The highest BCUT2D eigenvalue weighted by Gasteiger charge is 2.08. The van der Waals surface area contributed by atoms with Gasteiger partial charge in [0.2, 0.25) is 0 Å². The lowest BCUT2D eigenvalue weighted by molar-refractivity contribution is 0.0993. The number of Topliss-reactive ketones (excluding diaryl/α,β-unsaturated/α-hetero) is 1. The van der Waals surface area contributed by atoms with E-state index in [9.17, 15) is 4.79 Å². The molecule has 2 aromatic rings. The molecule has 0 unspecified atom stereocenters. The minimum Gasteiger partial charge on any atom is -0.399 e. The minimum atomic E-state index is 0.0675. The summed E-state index contributed by atoms with van der Waals surface area (Å²) in [5.74, 6) is 0.0675. The van der Waals surface area contributed by atoms with Crippen molar-refractivity contribution in [1.29, 1.82) is 0 Å². The number of hydrogen-bond acceptors (Lipinski definition) is 3. The fourth-order valence-electron chi connectivity index (χ4n) is 1.49. The fraction of sp³-hybridized carbons (Fsp3) is 0.167. The topological polar surface area (TPSA) is 60.9 Å². The summed E-state index contributed by atoms with van der Waals surface area (Å²) in [4.78, 5) is 11.8. The molecule has 1 heterocycles. The molecule has 2 N–H and O–H groups in total. The zero-order valence-corrected chi connectivity index (χ0v) is 9.05. The van der Waals surface area contributed by atoms with Gasteiger partial charge in [-0.05, 0) is 17.7 Å². The van der Waals surface area contributed by atoms with Crippen LogP contribution in [0.4, 0.5) is 5.69 Å². The smallest absolute Gasteiger partial charge is 0.170 e. The van der Waals surface area contributed by atoms with Crippen LogP contribution < -0.4 is 5.73 Å². The van der Waals surface area contributed by atoms with E-state index in [1.807, 2.05) is 12.1 Å². The van der Waals surface area contributed by atoms with Crippen molar-refractivity contribution in [2.75, 3.05) is 5.73 Å². The van der Waals surface area contributed by atoms with E-state index in [4.69, 9.17) is 5.73 Å². The number of nitrogen functional groups attached to an aromatic ring is 1. The van der Waals surface area contributed by atoms with Crippen LogP contribution in [-0.4, -0.2) is 15.6 Å². The third-order valence-corrected chi connectivity index (χ3v) is 2.37. The number of carbonyl (C=O) groups is 1. The Labute approximate surface area is 93.7 Å². The number of aryl methyl sites for hydroxylation is 1. The van der Waals surface area contributed by atoms with Gasteiger partial charge in [0.05, 0.1) is 11.8 Å². The summed E-state index contributed by atoms with van der Waals surface area (Å²) >= 11 is 0. The van der Waals surface area contributed by atoms with Gasteiger partial charge in [-0.2, -0.15) is 5.10 Å². The first kappa shape index (κ1) is 10.4. The number of carbonyl (C=O) groups excluding carboxylic acids is 1. The Balaban J connectivity index is 2.10. The molecule has 0 aliphatic rings. The monoisotopic (exact) mass is 215 g/mol. The van der Waals surface area contributed by atoms with Crippen molar-refractivity contribution in [2.24, 2.45) is 7.05 Å². The Hall–Kier alpha value is -2.10. The minimum absolute atomic E-state index is 0.0675. The van der Waals surface area contributed by atoms with Gasteiger partial charge in [0.1, 0.15) is 0 Å². The van der Waals surface area contributed by atoms with Crippen molar-refractivity contribution >= 4 is 11.5 Å². The van der Waals surface area contributed by atoms with Gasteiger partial charge in [0, 0.05) is 25.4 Å². The maximum atomic E-state index is 11.8. The highest BCUT2D eigenvalue weighted by molar-refractivity contribution is 5.97. The van der Waals surface area contributed by atoms with E-state index in [0.717, 1.165) is 5.56 Å². The van der Waals surface area contributed by atoms with Crippen LogP contribution in [0.15, 0.2) is 36.7 Å². The van der Waals surface area contributed by atoms with E-state index in [1.165, 1.54) is 0 Å². The maximum Gasteiger partial charge on any atom is 0.170 e. The van der Waals surface area contributed by atoms with Gasteiger partial charge >= 0.3 is 0 Å². The van der Waals surface area contributed by atoms with Gasteiger partial charge < -0.3 is 5.73 Å². The lowest BCUT2D eigenvalue weighted by Crippen LogP contribution is -2.02. The van der Waals surface area contributed by atoms with Crippen LogP contribution >= 0.6 is 0 Å². The summed E-state index contributed by atoms with van der Waals surface area (Å²) in [7, 11) is 1.79. The van der Waals surface area contributed by atoms with Gasteiger partial charge in [-0.3, -0.25) is 9.48 Å². The van der Waals surface area contributed by atoms with Crippen molar-refractivity contribution in [3.05, 3.63) is 47.8 Å². The number of hydrogen-bond donors (Lipinski definition) is 1. The van der Waals surface area contributed by atoms with Gasteiger partial charge in [0.15, 0.2) is 5.78 Å². The Bertz CT molecular complexity index is 499. The normalized spacial score (nSPS) is 10.3. The van der Waals surface area contributed by atoms with Crippen LogP contribution in [0.5, 0.6) is 0 Å². The van der Waals surface area contributed by atoms with Crippen LogP contribution in [0.25, 0.3) is 0 Å². The van der Waals surface area contributed by atoms with Crippen molar-refractivity contribution < 1.29 is 4.79 Å². The average Bonchev–Trinajstić information content (AvgIpc) is 2.68. The van der Waals surface area contributed by atoms with Crippen LogP contribution in [0.2, 0.25) is 0 Å². The molecule has 0 fully saturated rings. The molecular formula is C12H13N3O. The lowest BCUT2D eigenvalue weighted by Gasteiger charge is -1.99. The molecule has 1 aromatic carbocycles. The molecule has 0 atom stereocenters. The first-order valence-corrected chi connectivity index (χ1v) is 5.01.